The van der Waals surface area contributed by atoms with Gasteiger partial charge in [0.15, 0.2) is 0 Å². The van der Waals surface area contributed by atoms with Gasteiger partial charge in [0.1, 0.15) is 0 Å². The molecular weight excluding hydrogens is 312 g/mol. The highest BCUT2D eigenvalue weighted by Gasteiger charge is 2.38. The average Bonchev–Trinajstić information content (AvgIpc) is 2.68. The molecule has 0 amide bonds. The first-order valence-corrected chi connectivity index (χ1v) is 11.1. The third-order valence-electron chi connectivity index (χ3n) is 7.68. The molecule has 0 heteroatoms. The zero-order valence-electron chi connectivity index (χ0n) is 16.8. The van der Waals surface area contributed by atoms with E-state index in [4.69, 9.17) is 0 Å². The van der Waals surface area contributed by atoms with Crippen LogP contribution in [0.25, 0.3) is 6.08 Å². The third-order valence-corrected chi connectivity index (χ3v) is 7.68. The van der Waals surface area contributed by atoms with Crippen LogP contribution in [0, 0.1) is 29.6 Å². The highest BCUT2D eigenvalue weighted by molar-refractivity contribution is 5.52. The molecule has 1 aromatic rings. The van der Waals surface area contributed by atoms with Crippen LogP contribution in [0.5, 0.6) is 0 Å². The summed E-state index contributed by atoms with van der Waals surface area (Å²) in [7, 11) is 0. The summed E-state index contributed by atoms with van der Waals surface area (Å²) in [5.74, 6) is 4.89. The lowest BCUT2D eigenvalue weighted by Crippen LogP contribution is -2.34. The number of allylic oxidation sites excluding steroid dienone is 3. The summed E-state index contributed by atoms with van der Waals surface area (Å²) in [4.78, 5) is 0. The summed E-state index contributed by atoms with van der Waals surface area (Å²) < 4.78 is 0. The summed E-state index contributed by atoms with van der Waals surface area (Å²) in [5, 5.41) is 0. The highest BCUT2D eigenvalue weighted by atomic mass is 14.4. The van der Waals surface area contributed by atoms with Crippen LogP contribution in [0.15, 0.2) is 36.4 Å². The zero-order chi connectivity index (χ0) is 17.9. The summed E-state index contributed by atoms with van der Waals surface area (Å²) in [6.45, 7) is 4.29. The molecule has 0 radical (unpaired) electrons. The van der Waals surface area contributed by atoms with E-state index in [0.29, 0.717) is 0 Å². The zero-order valence-corrected chi connectivity index (χ0v) is 16.8. The fourth-order valence-corrected chi connectivity index (χ4v) is 6.34. The normalized spacial score (nSPS) is 34.8. The van der Waals surface area contributed by atoms with E-state index in [1.807, 2.05) is 0 Å². The minimum absolute atomic E-state index is 0.880. The van der Waals surface area contributed by atoms with Gasteiger partial charge in [-0.25, -0.2) is 0 Å². The molecule has 3 aliphatic rings. The van der Waals surface area contributed by atoms with E-state index in [2.05, 4.69) is 56.4 Å². The molecule has 5 atom stereocenters. The minimum atomic E-state index is 0.880. The first kappa shape index (κ1) is 18.1. The molecule has 0 spiro atoms. The molecule has 0 bridgehead atoms. The number of hydrogen-bond donors (Lipinski definition) is 0. The van der Waals surface area contributed by atoms with E-state index in [1.54, 1.807) is 11.1 Å². The van der Waals surface area contributed by atoms with Crippen LogP contribution in [0.2, 0.25) is 0 Å². The van der Waals surface area contributed by atoms with Gasteiger partial charge in [-0.05, 0) is 118 Å². The molecule has 0 aliphatic heterocycles. The summed E-state index contributed by atoms with van der Waals surface area (Å²) in [6.07, 6.45) is 22.2. The smallest absolute Gasteiger partial charge is 0.0231 e. The molecule has 140 valence electrons. The third kappa shape index (κ3) is 3.85. The van der Waals surface area contributed by atoms with Crippen molar-refractivity contribution in [2.45, 2.75) is 71.6 Å². The first-order valence-electron chi connectivity index (χ1n) is 11.1. The number of fused-ring (bicyclic) bond motifs is 2. The van der Waals surface area contributed by atoms with E-state index >= 15 is 0 Å². The summed E-state index contributed by atoms with van der Waals surface area (Å²) in [6, 6.07) is 7.18. The maximum absolute atomic E-state index is 2.47. The van der Waals surface area contributed by atoms with Gasteiger partial charge in [0, 0.05) is 0 Å². The fourth-order valence-electron chi connectivity index (χ4n) is 6.34. The second-order valence-corrected chi connectivity index (χ2v) is 9.22. The standard InChI is InChI=1S/C26H36/c1-3-5-19-7-9-23-17-25(13-11-21(23)15-19)26-14-12-22-16-20(6-4-2)8-10-24(22)18-26/h3-7,9,15,20,22,24-26H,8,10-14,16-18H2,1-2H3. The quantitative estimate of drug-likeness (QED) is 0.505. The lowest BCUT2D eigenvalue weighted by Gasteiger charge is -2.44. The molecule has 1 aromatic carbocycles. The predicted octanol–water partition coefficient (Wildman–Crippen LogP) is 7.23. The van der Waals surface area contributed by atoms with Crippen LogP contribution in [-0.4, -0.2) is 0 Å². The Morgan fingerprint density at radius 2 is 1.54 bits per heavy atom. The molecular formula is C26H36. The predicted molar refractivity (Wildman–Crippen MR) is 113 cm³/mol. The SMILES string of the molecule is CC=Cc1ccc2c(c1)CCC(C1CCC3CC(C=CC)CCC3C1)C2. The molecule has 2 fully saturated rings. The molecule has 0 N–H and O–H groups in total. The van der Waals surface area contributed by atoms with Crippen molar-refractivity contribution in [2.75, 3.05) is 0 Å². The van der Waals surface area contributed by atoms with Crippen molar-refractivity contribution in [1.82, 2.24) is 0 Å². The van der Waals surface area contributed by atoms with Crippen molar-refractivity contribution in [3.8, 4) is 0 Å². The molecule has 0 heterocycles. The van der Waals surface area contributed by atoms with Crippen molar-refractivity contribution >= 4 is 6.08 Å². The van der Waals surface area contributed by atoms with Crippen molar-refractivity contribution < 1.29 is 0 Å². The Morgan fingerprint density at radius 3 is 2.35 bits per heavy atom. The second-order valence-electron chi connectivity index (χ2n) is 9.22. The second kappa shape index (κ2) is 8.15. The van der Waals surface area contributed by atoms with Crippen LogP contribution in [0.3, 0.4) is 0 Å². The molecule has 0 nitrogen and oxygen atoms in total. The van der Waals surface area contributed by atoms with Gasteiger partial charge >= 0.3 is 0 Å². The molecule has 5 unspecified atom stereocenters. The van der Waals surface area contributed by atoms with Crippen molar-refractivity contribution in [1.29, 1.82) is 0 Å². The monoisotopic (exact) mass is 348 g/mol. The average molecular weight is 349 g/mol. The van der Waals surface area contributed by atoms with Gasteiger partial charge in [0.25, 0.3) is 0 Å². The van der Waals surface area contributed by atoms with E-state index in [0.717, 1.165) is 29.6 Å². The Hall–Kier alpha value is -1.30. The Morgan fingerprint density at radius 1 is 0.769 bits per heavy atom. The molecule has 3 aliphatic carbocycles. The van der Waals surface area contributed by atoms with Crippen LogP contribution in [0.1, 0.15) is 75.5 Å². The summed E-state index contributed by atoms with van der Waals surface area (Å²) in [5.41, 5.74) is 4.65. The van der Waals surface area contributed by atoms with Crippen molar-refractivity contribution in [2.24, 2.45) is 29.6 Å². The van der Waals surface area contributed by atoms with Crippen LogP contribution in [0.4, 0.5) is 0 Å². The van der Waals surface area contributed by atoms with Gasteiger partial charge in [0.2, 0.25) is 0 Å². The number of hydrogen-bond acceptors (Lipinski definition) is 0. The van der Waals surface area contributed by atoms with E-state index < -0.39 is 0 Å². The molecule has 4 rings (SSSR count). The Kier molecular flexibility index (Phi) is 5.67. The van der Waals surface area contributed by atoms with Gasteiger partial charge < -0.3 is 0 Å². The lowest BCUT2D eigenvalue weighted by molar-refractivity contribution is 0.0810. The van der Waals surface area contributed by atoms with Gasteiger partial charge in [-0.1, -0.05) is 42.5 Å². The van der Waals surface area contributed by atoms with E-state index in [9.17, 15) is 0 Å². The Bertz CT molecular complexity index is 665. The van der Waals surface area contributed by atoms with Crippen LogP contribution < -0.4 is 0 Å². The van der Waals surface area contributed by atoms with Crippen molar-refractivity contribution in [3.63, 3.8) is 0 Å². The Balaban J connectivity index is 1.38. The largest absolute Gasteiger partial charge is 0.0914 e. The number of rotatable bonds is 3. The maximum atomic E-state index is 2.47. The minimum Gasteiger partial charge on any atom is -0.0914 e. The fraction of sp³-hybridized carbons (Fsp3) is 0.615. The van der Waals surface area contributed by atoms with Crippen molar-refractivity contribution in [3.05, 3.63) is 53.1 Å². The maximum Gasteiger partial charge on any atom is -0.0231 e. The lowest BCUT2D eigenvalue weighted by atomic mass is 9.61. The molecule has 26 heavy (non-hydrogen) atoms. The van der Waals surface area contributed by atoms with Gasteiger partial charge in [-0.3, -0.25) is 0 Å². The molecule has 0 saturated heterocycles. The summed E-state index contributed by atoms with van der Waals surface area (Å²) >= 11 is 0. The van der Waals surface area contributed by atoms with E-state index in [-0.39, 0.29) is 0 Å². The topological polar surface area (TPSA) is 0 Å². The van der Waals surface area contributed by atoms with Gasteiger partial charge in [-0.2, -0.15) is 0 Å². The molecule has 2 saturated carbocycles. The van der Waals surface area contributed by atoms with Gasteiger partial charge in [-0.15, -0.1) is 0 Å². The number of aryl methyl sites for hydroxylation is 1. The highest BCUT2D eigenvalue weighted by Crippen LogP contribution is 2.48. The Labute approximate surface area is 160 Å². The first-order chi connectivity index (χ1) is 12.8. The van der Waals surface area contributed by atoms with Crippen LogP contribution in [-0.2, 0) is 12.8 Å². The van der Waals surface area contributed by atoms with Gasteiger partial charge in [0.05, 0.1) is 0 Å². The van der Waals surface area contributed by atoms with E-state index in [1.165, 1.54) is 63.4 Å². The number of benzene rings is 1. The molecule has 0 aromatic heterocycles. The van der Waals surface area contributed by atoms with Crippen LogP contribution >= 0.6 is 0 Å².